The summed E-state index contributed by atoms with van der Waals surface area (Å²) < 4.78 is 39.5. The van der Waals surface area contributed by atoms with Crippen LogP contribution in [-0.2, 0) is 16.4 Å². The van der Waals surface area contributed by atoms with Crippen LogP contribution < -0.4 is 9.46 Å². The molecule has 8 nitrogen and oxygen atoms in total. The van der Waals surface area contributed by atoms with Gasteiger partial charge in [-0.2, -0.15) is 4.98 Å². The Morgan fingerprint density at radius 3 is 2.69 bits per heavy atom. The van der Waals surface area contributed by atoms with Crippen LogP contribution >= 0.6 is 0 Å². The average molecular weight is 451 g/mol. The Kier molecular flexibility index (Phi) is 6.18. The Hall–Kier alpha value is -3.72. The van der Waals surface area contributed by atoms with Crippen LogP contribution in [0.2, 0.25) is 0 Å². The quantitative estimate of drug-likeness (QED) is 0.428. The standard InChI is InChI=1S/C23H22N4O4S/c1-3-30-21-11-10-19(13-16(21)2)32(28,29)27-20-9-5-4-7-17(20)14-22-25-23(26-31-22)18-8-6-12-24-15-18/h4-13,15,27H,3,14H2,1-2H3. The van der Waals surface area contributed by atoms with Crippen LogP contribution in [0.5, 0.6) is 5.75 Å². The van der Waals surface area contributed by atoms with Crippen LogP contribution in [0.3, 0.4) is 0 Å². The molecule has 0 saturated carbocycles. The third-order valence-electron chi connectivity index (χ3n) is 4.75. The van der Waals surface area contributed by atoms with Gasteiger partial charge in [-0.25, -0.2) is 8.42 Å². The van der Waals surface area contributed by atoms with E-state index in [1.807, 2.05) is 32.0 Å². The topological polar surface area (TPSA) is 107 Å². The number of para-hydroxylation sites is 1. The summed E-state index contributed by atoms with van der Waals surface area (Å²) in [5.74, 6) is 1.45. The van der Waals surface area contributed by atoms with Crippen LogP contribution in [0.4, 0.5) is 5.69 Å². The Labute approximate surface area is 186 Å². The molecule has 2 aromatic carbocycles. The molecule has 32 heavy (non-hydrogen) atoms. The molecule has 2 aromatic heterocycles. The Morgan fingerprint density at radius 1 is 1.09 bits per heavy atom. The summed E-state index contributed by atoms with van der Waals surface area (Å²) in [4.78, 5) is 8.61. The van der Waals surface area contributed by atoms with Gasteiger partial charge in [0.05, 0.1) is 23.6 Å². The van der Waals surface area contributed by atoms with Crippen LogP contribution in [0, 0.1) is 6.92 Å². The number of rotatable bonds is 8. The minimum absolute atomic E-state index is 0.157. The molecule has 0 radical (unpaired) electrons. The molecule has 4 rings (SSSR count). The Bertz CT molecular complexity index is 1320. The van der Waals surface area contributed by atoms with Crippen molar-refractivity contribution in [3.8, 4) is 17.1 Å². The van der Waals surface area contributed by atoms with E-state index in [1.54, 1.807) is 42.7 Å². The molecule has 0 atom stereocenters. The zero-order chi connectivity index (χ0) is 22.6. The number of aromatic nitrogens is 3. The van der Waals surface area contributed by atoms with Gasteiger partial charge in [-0.05, 0) is 61.4 Å². The monoisotopic (exact) mass is 450 g/mol. The summed E-state index contributed by atoms with van der Waals surface area (Å²) in [5, 5.41) is 3.99. The molecule has 4 aromatic rings. The SMILES string of the molecule is CCOc1ccc(S(=O)(=O)Nc2ccccc2Cc2nc(-c3cccnc3)no2)cc1C. The highest BCUT2D eigenvalue weighted by Gasteiger charge is 2.18. The maximum Gasteiger partial charge on any atom is 0.261 e. The van der Waals surface area contributed by atoms with Crippen LogP contribution in [0.1, 0.15) is 23.9 Å². The highest BCUT2D eigenvalue weighted by molar-refractivity contribution is 7.92. The number of hydrogen-bond donors (Lipinski definition) is 1. The summed E-state index contributed by atoms with van der Waals surface area (Å²) in [6, 6.07) is 15.5. The first-order valence-electron chi connectivity index (χ1n) is 10.0. The number of benzene rings is 2. The van der Waals surface area contributed by atoms with Gasteiger partial charge >= 0.3 is 0 Å². The predicted octanol–water partition coefficient (Wildman–Crippen LogP) is 4.23. The van der Waals surface area contributed by atoms with Gasteiger partial charge in [0.15, 0.2) is 0 Å². The first kappa shape index (κ1) is 21.5. The number of sulfonamides is 1. The molecule has 9 heteroatoms. The van der Waals surface area contributed by atoms with Crippen molar-refractivity contribution < 1.29 is 17.7 Å². The molecular weight excluding hydrogens is 428 g/mol. The highest BCUT2D eigenvalue weighted by Crippen LogP contribution is 2.26. The van der Waals surface area contributed by atoms with Crippen LogP contribution in [0.15, 0.2) is 76.4 Å². The molecule has 0 unspecified atom stereocenters. The number of nitrogens with zero attached hydrogens (tertiary/aromatic N) is 3. The largest absolute Gasteiger partial charge is 0.494 e. The molecule has 1 N–H and O–H groups in total. The van der Waals surface area contributed by atoms with Gasteiger partial charge in [-0.15, -0.1) is 0 Å². The number of aryl methyl sites for hydroxylation is 1. The van der Waals surface area contributed by atoms with E-state index in [2.05, 4.69) is 19.8 Å². The first-order valence-corrected chi connectivity index (χ1v) is 11.5. The van der Waals surface area contributed by atoms with E-state index in [9.17, 15) is 8.42 Å². The van der Waals surface area contributed by atoms with Gasteiger partial charge in [0.25, 0.3) is 10.0 Å². The van der Waals surface area contributed by atoms with Crippen molar-refractivity contribution in [3.05, 3.63) is 84.0 Å². The number of pyridine rings is 1. The molecule has 0 amide bonds. The van der Waals surface area contributed by atoms with Gasteiger partial charge in [0, 0.05) is 18.0 Å². The van der Waals surface area contributed by atoms with Crippen LogP contribution in [-0.4, -0.2) is 30.1 Å². The first-order chi connectivity index (χ1) is 15.5. The average Bonchev–Trinajstić information content (AvgIpc) is 3.26. The lowest BCUT2D eigenvalue weighted by atomic mass is 10.1. The van der Waals surface area contributed by atoms with Gasteiger partial charge < -0.3 is 9.26 Å². The Balaban J connectivity index is 1.56. The van der Waals surface area contributed by atoms with Crippen molar-refractivity contribution in [2.45, 2.75) is 25.2 Å². The van der Waals surface area contributed by atoms with Gasteiger partial charge in [-0.3, -0.25) is 9.71 Å². The van der Waals surface area contributed by atoms with E-state index >= 15 is 0 Å². The van der Waals surface area contributed by atoms with Crippen molar-refractivity contribution in [2.75, 3.05) is 11.3 Å². The summed E-state index contributed by atoms with van der Waals surface area (Å²) >= 11 is 0. The van der Waals surface area contributed by atoms with Gasteiger partial charge in [-0.1, -0.05) is 23.4 Å². The molecule has 0 aliphatic heterocycles. The molecular formula is C23H22N4O4S. The maximum absolute atomic E-state index is 13.0. The molecule has 0 spiro atoms. The minimum atomic E-state index is -3.80. The van der Waals surface area contributed by atoms with Gasteiger partial charge in [0.1, 0.15) is 5.75 Å². The molecule has 0 aliphatic carbocycles. The number of anilines is 1. The molecule has 0 bridgehead atoms. The third kappa shape index (κ3) is 4.78. The van der Waals surface area contributed by atoms with E-state index in [0.29, 0.717) is 35.3 Å². The van der Waals surface area contributed by atoms with Crippen molar-refractivity contribution >= 4 is 15.7 Å². The predicted molar refractivity (Wildman–Crippen MR) is 120 cm³/mol. The summed E-state index contributed by atoms with van der Waals surface area (Å²) in [6.07, 6.45) is 3.59. The molecule has 0 saturated heterocycles. The zero-order valence-corrected chi connectivity index (χ0v) is 18.5. The lowest BCUT2D eigenvalue weighted by Crippen LogP contribution is -2.14. The third-order valence-corrected chi connectivity index (χ3v) is 6.11. The molecule has 2 heterocycles. The van der Waals surface area contributed by atoms with Crippen molar-refractivity contribution in [1.29, 1.82) is 0 Å². The lowest BCUT2D eigenvalue weighted by Gasteiger charge is -2.13. The normalized spacial score (nSPS) is 11.3. The van der Waals surface area contributed by atoms with Crippen molar-refractivity contribution in [2.24, 2.45) is 0 Å². The smallest absolute Gasteiger partial charge is 0.261 e. The molecule has 164 valence electrons. The fraction of sp³-hybridized carbons (Fsp3) is 0.174. The maximum atomic E-state index is 13.0. The fourth-order valence-electron chi connectivity index (χ4n) is 3.19. The van der Waals surface area contributed by atoms with Crippen LogP contribution in [0.25, 0.3) is 11.4 Å². The lowest BCUT2D eigenvalue weighted by molar-refractivity contribution is 0.337. The second-order valence-corrected chi connectivity index (χ2v) is 8.74. The van der Waals surface area contributed by atoms with Crippen molar-refractivity contribution in [1.82, 2.24) is 15.1 Å². The summed E-state index contributed by atoms with van der Waals surface area (Å²) in [5.41, 5.74) is 2.64. The number of hydrogen-bond acceptors (Lipinski definition) is 7. The molecule has 0 aliphatic rings. The number of ether oxygens (including phenoxy) is 1. The van der Waals surface area contributed by atoms with E-state index in [1.165, 1.54) is 6.07 Å². The minimum Gasteiger partial charge on any atom is -0.494 e. The second-order valence-electron chi connectivity index (χ2n) is 7.05. The zero-order valence-electron chi connectivity index (χ0n) is 17.6. The fourth-order valence-corrected chi connectivity index (χ4v) is 4.37. The number of nitrogens with one attached hydrogen (secondary N) is 1. The van der Waals surface area contributed by atoms with Gasteiger partial charge in [0.2, 0.25) is 11.7 Å². The van der Waals surface area contributed by atoms with E-state index < -0.39 is 10.0 Å². The Morgan fingerprint density at radius 2 is 1.94 bits per heavy atom. The molecule has 0 fully saturated rings. The van der Waals surface area contributed by atoms with E-state index in [0.717, 1.165) is 11.1 Å². The highest BCUT2D eigenvalue weighted by atomic mass is 32.2. The van der Waals surface area contributed by atoms with E-state index in [4.69, 9.17) is 9.26 Å². The summed E-state index contributed by atoms with van der Waals surface area (Å²) in [6.45, 7) is 4.20. The second kappa shape index (κ2) is 9.19. The van der Waals surface area contributed by atoms with Crippen molar-refractivity contribution in [3.63, 3.8) is 0 Å². The summed E-state index contributed by atoms with van der Waals surface area (Å²) in [7, 11) is -3.80. The van der Waals surface area contributed by atoms with E-state index in [-0.39, 0.29) is 11.3 Å².